The summed E-state index contributed by atoms with van der Waals surface area (Å²) in [4.78, 5) is 9.15. The smallest absolute Gasteiger partial charge is 0.416 e. The first-order chi connectivity index (χ1) is 15.1. The fourth-order valence-corrected chi connectivity index (χ4v) is 5.02. The number of ether oxygens (including phenoxy) is 1. The van der Waals surface area contributed by atoms with Crippen molar-refractivity contribution in [2.24, 2.45) is 0 Å². The summed E-state index contributed by atoms with van der Waals surface area (Å²) in [5.41, 5.74) is 0.137. The van der Waals surface area contributed by atoms with Gasteiger partial charge in [0, 0.05) is 36.4 Å². The molecule has 1 heterocycles. The van der Waals surface area contributed by atoms with E-state index in [0.717, 1.165) is 23.9 Å². The summed E-state index contributed by atoms with van der Waals surface area (Å²) in [5, 5.41) is 0.421. The van der Waals surface area contributed by atoms with Crippen LogP contribution in [0.3, 0.4) is 0 Å². The van der Waals surface area contributed by atoms with Crippen LogP contribution >= 0.6 is 11.8 Å². The van der Waals surface area contributed by atoms with E-state index in [9.17, 15) is 21.6 Å². The van der Waals surface area contributed by atoms with E-state index in [1.807, 2.05) is 0 Å². The first kappa shape index (κ1) is 24.0. The molecular formula is C21H20F3N3O3S2. The van der Waals surface area contributed by atoms with Gasteiger partial charge in [-0.05, 0) is 42.5 Å². The molecule has 170 valence electrons. The number of nitrogens with zero attached hydrogens (tertiary/aromatic N) is 3. The van der Waals surface area contributed by atoms with Crippen molar-refractivity contribution < 1.29 is 26.3 Å². The minimum Gasteiger partial charge on any atom is -0.495 e. The van der Waals surface area contributed by atoms with Crippen molar-refractivity contribution in [1.29, 1.82) is 0 Å². The van der Waals surface area contributed by atoms with Crippen molar-refractivity contribution in [3.8, 4) is 17.0 Å². The zero-order chi connectivity index (χ0) is 23.5. The topological polar surface area (TPSA) is 72.4 Å². The summed E-state index contributed by atoms with van der Waals surface area (Å²) >= 11 is 1.13. The first-order valence-electron chi connectivity index (χ1n) is 9.38. The third kappa shape index (κ3) is 5.05. The molecule has 0 aliphatic heterocycles. The molecule has 0 unspecified atom stereocenters. The predicted octanol–water partition coefficient (Wildman–Crippen LogP) is 4.96. The van der Waals surface area contributed by atoms with Crippen molar-refractivity contribution in [2.75, 3.05) is 20.7 Å². The number of rotatable bonds is 7. The highest BCUT2D eigenvalue weighted by Gasteiger charge is 2.30. The monoisotopic (exact) mass is 483 g/mol. The van der Waals surface area contributed by atoms with Crippen molar-refractivity contribution in [2.45, 2.75) is 27.9 Å². The fraction of sp³-hybridized carbons (Fsp3) is 0.238. The van der Waals surface area contributed by atoms with Crippen LogP contribution in [0.4, 0.5) is 13.2 Å². The third-order valence-corrected chi connectivity index (χ3v) is 7.59. The Bertz CT molecular complexity index is 1200. The number of methoxy groups -OCH3 is 1. The van der Waals surface area contributed by atoms with Gasteiger partial charge in [0.2, 0.25) is 10.0 Å². The van der Waals surface area contributed by atoms with Crippen molar-refractivity contribution in [1.82, 2.24) is 14.3 Å². The molecule has 6 nitrogen and oxygen atoms in total. The molecule has 0 fully saturated rings. The number of benzene rings is 2. The molecule has 3 aromatic rings. The van der Waals surface area contributed by atoms with Gasteiger partial charge in [0.1, 0.15) is 21.4 Å². The van der Waals surface area contributed by atoms with Gasteiger partial charge in [0.15, 0.2) is 0 Å². The van der Waals surface area contributed by atoms with E-state index in [0.29, 0.717) is 21.2 Å². The Kier molecular flexibility index (Phi) is 7.11. The molecule has 0 N–H and O–H groups in total. The Morgan fingerprint density at radius 2 is 1.72 bits per heavy atom. The predicted molar refractivity (Wildman–Crippen MR) is 115 cm³/mol. The molecule has 0 amide bonds. The Balaban J connectivity index is 2.03. The van der Waals surface area contributed by atoms with Gasteiger partial charge < -0.3 is 4.74 Å². The second-order valence-corrected chi connectivity index (χ2v) is 9.69. The molecule has 0 atom stereocenters. The Morgan fingerprint density at radius 1 is 1.06 bits per heavy atom. The molecule has 0 saturated carbocycles. The number of hydrogen-bond donors (Lipinski definition) is 0. The largest absolute Gasteiger partial charge is 0.495 e. The number of hydrogen-bond acceptors (Lipinski definition) is 6. The third-order valence-electron chi connectivity index (χ3n) is 4.63. The lowest BCUT2D eigenvalue weighted by Crippen LogP contribution is -2.27. The average molecular weight is 484 g/mol. The molecule has 0 spiro atoms. The van der Waals surface area contributed by atoms with Crippen molar-refractivity contribution >= 4 is 21.8 Å². The van der Waals surface area contributed by atoms with Crippen LogP contribution < -0.4 is 4.74 Å². The molecule has 0 bridgehead atoms. The summed E-state index contributed by atoms with van der Waals surface area (Å²) in [6.07, 6.45) is -1.50. The summed E-state index contributed by atoms with van der Waals surface area (Å²) in [6.45, 7) is 1.99. The maximum atomic E-state index is 12.9. The van der Waals surface area contributed by atoms with Gasteiger partial charge >= 0.3 is 6.18 Å². The van der Waals surface area contributed by atoms with Gasteiger partial charge in [-0.2, -0.15) is 13.2 Å². The highest BCUT2D eigenvalue weighted by Crippen LogP contribution is 2.37. The lowest BCUT2D eigenvalue weighted by atomic mass is 10.1. The molecule has 0 aliphatic rings. The lowest BCUT2D eigenvalue weighted by Gasteiger charge is -2.18. The highest BCUT2D eigenvalue weighted by atomic mass is 32.2. The van der Waals surface area contributed by atoms with E-state index in [2.05, 4.69) is 9.97 Å². The zero-order valence-electron chi connectivity index (χ0n) is 17.4. The molecule has 11 heteroatoms. The van der Waals surface area contributed by atoms with Gasteiger partial charge in [-0.15, -0.1) is 0 Å². The molecule has 32 heavy (non-hydrogen) atoms. The minimum atomic E-state index is -4.42. The van der Waals surface area contributed by atoms with Crippen LogP contribution in [0.15, 0.2) is 69.7 Å². The normalized spacial score (nSPS) is 12.2. The molecule has 0 saturated heterocycles. The van der Waals surface area contributed by atoms with E-state index in [1.165, 1.54) is 55.1 Å². The van der Waals surface area contributed by atoms with Crippen molar-refractivity contribution in [3.63, 3.8) is 0 Å². The van der Waals surface area contributed by atoms with Gasteiger partial charge in [0.25, 0.3) is 0 Å². The van der Waals surface area contributed by atoms with Gasteiger partial charge in [0.05, 0.1) is 12.7 Å². The molecule has 3 rings (SSSR count). The van der Waals surface area contributed by atoms with E-state index in [4.69, 9.17) is 4.74 Å². The molecular weight excluding hydrogens is 463 g/mol. The molecule has 0 radical (unpaired) electrons. The Labute approximate surface area is 188 Å². The standard InChI is InChI=1S/C21H20F3N3O3S2/c1-4-27(2)32(28,29)18-13-14(5-10-17(18)30-3)19-20(26-12-11-25-19)31-16-8-6-15(7-9-16)21(22,23)24/h5-13H,4H2,1-3H3. The van der Waals surface area contributed by atoms with Crippen LogP contribution in [-0.4, -0.2) is 43.4 Å². The first-order valence-corrected chi connectivity index (χ1v) is 11.6. The van der Waals surface area contributed by atoms with Crippen LogP contribution in [0.1, 0.15) is 12.5 Å². The van der Waals surface area contributed by atoms with E-state index in [-0.39, 0.29) is 17.2 Å². The van der Waals surface area contributed by atoms with Crippen molar-refractivity contribution in [3.05, 3.63) is 60.4 Å². The number of sulfonamides is 1. The fourth-order valence-electron chi connectivity index (χ4n) is 2.78. The van der Waals surface area contributed by atoms with E-state index < -0.39 is 21.8 Å². The SMILES string of the molecule is CCN(C)S(=O)(=O)c1cc(-c2nccnc2Sc2ccc(C(F)(F)F)cc2)ccc1OC. The summed E-state index contributed by atoms with van der Waals surface area (Å²) in [7, 11) is -0.955. The minimum absolute atomic E-state index is 0.0158. The molecule has 2 aromatic carbocycles. The van der Waals surface area contributed by atoms with E-state index >= 15 is 0 Å². The number of halogens is 3. The summed E-state index contributed by atoms with van der Waals surface area (Å²) < 4.78 is 70.8. The highest BCUT2D eigenvalue weighted by molar-refractivity contribution is 7.99. The van der Waals surface area contributed by atoms with Crippen LogP contribution in [0.2, 0.25) is 0 Å². The number of aromatic nitrogens is 2. The maximum absolute atomic E-state index is 12.9. The number of alkyl halides is 3. The lowest BCUT2D eigenvalue weighted by molar-refractivity contribution is -0.137. The van der Waals surface area contributed by atoms with Gasteiger partial charge in [-0.25, -0.2) is 17.7 Å². The van der Waals surface area contributed by atoms with E-state index in [1.54, 1.807) is 13.0 Å². The second-order valence-electron chi connectivity index (χ2n) is 6.62. The van der Waals surface area contributed by atoms with Gasteiger partial charge in [-0.1, -0.05) is 18.7 Å². The molecule has 0 aliphatic carbocycles. The maximum Gasteiger partial charge on any atom is 0.416 e. The van der Waals surface area contributed by atoms with Crippen LogP contribution in [-0.2, 0) is 16.2 Å². The molecule has 1 aromatic heterocycles. The summed E-state index contributed by atoms with van der Waals surface area (Å²) in [6, 6.07) is 9.35. The Hall–Kier alpha value is -2.63. The Morgan fingerprint density at radius 3 is 2.31 bits per heavy atom. The van der Waals surface area contributed by atoms with Crippen LogP contribution in [0.5, 0.6) is 5.75 Å². The second kappa shape index (κ2) is 9.47. The summed E-state index contributed by atoms with van der Waals surface area (Å²) in [5.74, 6) is 0.190. The van der Waals surface area contributed by atoms with Gasteiger partial charge in [-0.3, -0.25) is 4.98 Å². The van der Waals surface area contributed by atoms with Crippen LogP contribution in [0, 0.1) is 0 Å². The quantitative estimate of drug-likeness (QED) is 0.473. The average Bonchev–Trinajstić information content (AvgIpc) is 2.78. The van der Waals surface area contributed by atoms with Crippen LogP contribution in [0.25, 0.3) is 11.3 Å². The zero-order valence-corrected chi connectivity index (χ0v) is 19.1.